The van der Waals surface area contributed by atoms with Crippen molar-refractivity contribution in [1.82, 2.24) is 15.3 Å². The van der Waals surface area contributed by atoms with E-state index >= 15 is 0 Å². The van der Waals surface area contributed by atoms with Gasteiger partial charge in [-0.25, -0.2) is 9.97 Å². The van der Waals surface area contributed by atoms with Crippen molar-refractivity contribution < 1.29 is 9.53 Å². The molecule has 3 heterocycles. The summed E-state index contributed by atoms with van der Waals surface area (Å²) in [6.45, 7) is 3.47. The molecule has 4 rings (SSSR count). The predicted molar refractivity (Wildman–Crippen MR) is 95.3 cm³/mol. The Morgan fingerprint density at radius 1 is 1.32 bits per heavy atom. The highest BCUT2D eigenvalue weighted by molar-refractivity contribution is 5.85. The second kappa shape index (κ2) is 6.90. The van der Waals surface area contributed by atoms with Crippen LogP contribution in [0.3, 0.4) is 0 Å². The van der Waals surface area contributed by atoms with E-state index in [1.165, 1.54) is 19.3 Å². The first-order chi connectivity index (χ1) is 12.2. The first-order valence-electron chi connectivity index (χ1n) is 9.63. The summed E-state index contributed by atoms with van der Waals surface area (Å²) in [6, 6.07) is 2.05. The van der Waals surface area contributed by atoms with Crippen LogP contribution in [-0.4, -0.2) is 46.7 Å². The predicted octanol–water partition coefficient (Wildman–Crippen LogP) is 2.30. The summed E-state index contributed by atoms with van der Waals surface area (Å²) in [6.07, 6.45) is 11.4. The molecule has 0 aromatic carbocycles. The van der Waals surface area contributed by atoms with Gasteiger partial charge in [-0.05, 0) is 51.0 Å². The van der Waals surface area contributed by atoms with Gasteiger partial charge in [0.05, 0.1) is 5.60 Å². The van der Waals surface area contributed by atoms with Gasteiger partial charge in [0, 0.05) is 31.6 Å². The van der Waals surface area contributed by atoms with Crippen molar-refractivity contribution in [2.75, 3.05) is 18.1 Å². The van der Waals surface area contributed by atoms with Crippen molar-refractivity contribution in [1.29, 1.82) is 0 Å². The summed E-state index contributed by atoms with van der Waals surface area (Å²) in [5.41, 5.74) is -0.213. The maximum atomic E-state index is 13.0. The molecule has 0 radical (unpaired) electrons. The summed E-state index contributed by atoms with van der Waals surface area (Å²) in [5, 5.41) is 3.16. The van der Waals surface area contributed by atoms with Gasteiger partial charge in [-0.15, -0.1) is 0 Å². The standard InChI is InChI=1S/C19H28N4O2/c1-19(8-4-11-25-19)13-22-17(24)16-12-14-6-2-3-7-15(14)23(16)18-20-9-5-10-21-18/h5,9-10,14-16H,2-4,6-8,11-13H2,1H3,(H,22,24)/t14-,15+,16-,19+/m0/s1. The van der Waals surface area contributed by atoms with E-state index in [0.717, 1.165) is 32.3 Å². The molecule has 0 unspecified atom stereocenters. The number of rotatable bonds is 4. The Hall–Kier alpha value is -1.69. The molecular formula is C19H28N4O2. The third-order valence-electron chi connectivity index (χ3n) is 6.11. The summed E-state index contributed by atoms with van der Waals surface area (Å²) in [7, 11) is 0. The highest BCUT2D eigenvalue weighted by atomic mass is 16.5. The molecule has 1 aliphatic carbocycles. The number of carbonyl (C=O) groups is 1. The molecule has 1 aromatic heterocycles. The fourth-order valence-electron chi connectivity index (χ4n) is 4.77. The molecule has 3 fully saturated rings. The van der Waals surface area contributed by atoms with Gasteiger partial charge in [0.2, 0.25) is 11.9 Å². The number of anilines is 1. The highest BCUT2D eigenvalue weighted by Gasteiger charge is 2.46. The molecule has 136 valence electrons. The third-order valence-corrected chi connectivity index (χ3v) is 6.11. The smallest absolute Gasteiger partial charge is 0.242 e. The molecule has 0 bridgehead atoms. The van der Waals surface area contributed by atoms with Crippen LogP contribution in [0.5, 0.6) is 0 Å². The fraction of sp³-hybridized carbons (Fsp3) is 0.737. The Labute approximate surface area is 149 Å². The van der Waals surface area contributed by atoms with E-state index in [-0.39, 0.29) is 17.6 Å². The van der Waals surface area contributed by atoms with Crippen LogP contribution >= 0.6 is 0 Å². The lowest BCUT2D eigenvalue weighted by molar-refractivity contribution is -0.123. The average Bonchev–Trinajstić information content (AvgIpc) is 3.25. The lowest BCUT2D eigenvalue weighted by atomic mass is 9.85. The molecule has 1 aromatic rings. The molecule has 1 N–H and O–H groups in total. The number of fused-ring (bicyclic) bond motifs is 1. The number of nitrogens with zero attached hydrogens (tertiary/aromatic N) is 3. The summed E-state index contributed by atoms with van der Waals surface area (Å²) >= 11 is 0. The van der Waals surface area contributed by atoms with E-state index in [9.17, 15) is 4.79 Å². The van der Waals surface area contributed by atoms with Crippen LogP contribution in [0.2, 0.25) is 0 Å². The summed E-state index contributed by atoms with van der Waals surface area (Å²) < 4.78 is 5.81. The zero-order chi connectivity index (χ0) is 17.3. The van der Waals surface area contributed by atoms with Gasteiger partial charge in [0.1, 0.15) is 6.04 Å². The van der Waals surface area contributed by atoms with Crippen LogP contribution in [0, 0.1) is 5.92 Å². The van der Waals surface area contributed by atoms with Crippen LogP contribution in [0.4, 0.5) is 5.95 Å². The van der Waals surface area contributed by atoms with Gasteiger partial charge in [0.15, 0.2) is 0 Å². The van der Waals surface area contributed by atoms with Gasteiger partial charge >= 0.3 is 0 Å². The van der Waals surface area contributed by atoms with Crippen LogP contribution in [0.1, 0.15) is 51.9 Å². The second-order valence-electron chi connectivity index (χ2n) is 7.94. The first-order valence-corrected chi connectivity index (χ1v) is 9.63. The van der Waals surface area contributed by atoms with Crippen molar-refractivity contribution in [3.05, 3.63) is 18.5 Å². The van der Waals surface area contributed by atoms with Crippen LogP contribution in [-0.2, 0) is 9.53 Å². The van der Waals surface area contributed by atoms with E-state index in [2.05, 4.69) is 27.1 Å². The minimum absolute atomic E-state index is 0.0959. The highest BCUT2D eigenvalue weighted by Crippen LogP contribution is 2.41. The molecule has 6 nitrogen and oxygen atoms in total. The maximum absolute atomic E-state index is 13.0. The monoisotopic (exact) mass is 344 g/mol. The Morgan fingerprint density at radius 2 is 2.12 bits per heavy atom. The minimum Gasteiger partial charge on any atom is -0.373 e. The van der Waals surface area contributed by atoms with Gasteiger partial charge < -0.3 is 15.0 Å². The quantitative estimate of drug-likeness (QED) is 0.908. The zero-order valence-electron chi connectivity index (χ0n) is 15.0. The maximum Gasteiger partial charge on any atom is 0.242 e. The number of aromatic nitrogens is 2. The zero-order valence-corrected chi connectivity index (χ0v) is 15.0. The van der Waals surface area contributed by atoms with E-state index in [4.69, 9.17) is 4.74 Å². The van der Waals surface area contributed by atoms with E-state index in [1.54, 1.807) is 12.4 Å². The molecule has 1 saturated carbocycles. The van der Waals surface area contributed by atoms with Gasteiger partial charge in [-0.1, -0.05) is 12.8 Å². The van der Waals surface area contributed by atoms with Crippen molar-refractivity contribution in [2.24, 2.45) is 5.92 Å². The summed E-state index contributed by atoms with van der Waals surface area (Å²) in [5.74, 6) is 1.37. The van der Waals surface area contributed by atoms with Crippen LogP contribution in [0.15, 0.2) is 18.5 Å². The number of hydrogen-bond donors (Lipinski definition) is 1. The molecule has 0 spiro atoms. The second-order valence-corrected chi connectivity index (χ2v) is 7.94. The lowest BCUT2D eigenvalue weighted by Gasteiger charge is -2.33. The van der Waals surface area contributed by atoms with E-state index in [1.807, 2.05) is 6.07 Å². The normalized spacial score (nSPS) is 34.8. The van der Waals surface area contributed by atoms with Crippen molar-refractivity contribution in [3.63, 3.8) is 0 Å². The molecule has 25 heavy (non-hydrogen) atoms. The Kier molecular flexibility index (Phi) is 4.63. The van der Waals surface area contributed by atoms with Gasteiger partial charge in [-0.2, -0.15) is 0 Å². The Balaban J connectivity index is 1.50. The SMILES string of the molecule is C[C@]1(CNC(=O)[C@@H]2C[C@@H]3CCCC[C@H]3N2c2ncccn2)CCCO1. The number of ether oxygens (including phenoxy) is 1. The van der Waals surface area contributed by atoms with E-state index < -0.39 is 0 Å². The topological polar surface area (TPSA) is 67.4 Å². The largest absolute Gasteiger partial charge is 0.373 e. The fourth-order valence-corrected chi connectivity index (χ4v) is 4.77. The van der Waals surface area contributed by atoms with Crippen molar-refractivity contribution in [2.45, 2.75) is 69.6 Å². The van der Waals surface area contributed by atoms with Gasteiger partial charge in [0.25, 0.3) is 0 Å². The lowest BCUT2D eigenvalue weighted by Crippen LogP contribution is -2.50. The van der Waals surface area contributed by atoms with Crippen LogP contribution < -0.4 is 10.2 Å². The van der Waals surface area contributed by atoms with Gasteiger partial charge in [-0.3, -0.25) is 4.79 Å². The molecular weight excluding hydrogens is 316 g/mol. The number of nitrogens with one attached hydrogen (secondary N) is 1. The molecule has 2 saturated heterocycles. The van der Waals surface area contributed by atoms with E-state index in [0.29, 0.717) is 24.5 Å². The Bertz CT molecular complexity index is 603. The minimum atomic E-state index is -0.213. The third kappa shape index (κ3) is 3.36. The molecule has 1 amide bonds. The molecule has 3 aliphatic rings. The molecule has 2 aliphatic heterocycles. The summed E-state index contributed by atoms with van der Waals surface area (Å²) in [4.78, 5) is 24.1. The van der Waals surface area contributed by atoms with Crippen LogP contribution in [0.25, 0.3) is 0 Å². The first kappa shape index (κ1) is 16.8. The molecule has 4 atom stereocenters. The number of amides is 1. The molecule has 6 heteroatoms. The average molecular weight is 344 g/mol. The number of hydrogen-bond acceptors (Lipinski definition) is 5. The van der Waals surface area contributed by atoms with Crippen molar-refractivity contribution >= 4 is 11.9 Å². The van der Waals surface area contributed by atoms with Crippen molar-refractivity contribution in [3.8, 4) is 0 Å². The Morgan fingerprint density at radius 3 is 2.88 bits per heavy atom. The number of carbonyl (C=O) groups excluding carboxylic acids is 1.